The van der Waals surface area contributed by atoms with Gasteiger partial charge in [0.25, 0.3) is 5.91 Å². The van der Waals surface area contributed by atoms with Crippen LogP contribution in [0.4, 0.5) is 5.69 Å². The fourth-order valence-electron chi connectivity index (χ4n) is 2.61. The third kappa shape index (κ3) is 6.93. The number of halogens is 1. The van der Waals surface area contributed by atoms with Crippen molar-refractivity contribution < 1.29 is 4.79 Å². The molecule has 0 spiro atoms. The number of carbonyl (C=O) groups excluding carboxylic acids is 1. The monoisotopic (exact) mass is 546 g/mol. The number of carbonyl (C=O) groups is 1. The van der Waals surface area contributed by atoms with Crippen LogP contribution in [-0.4, -0.2) is 32.1 Å². The molecule has 1 heterocycles. The molecule has 1 unspecified atom stereocenters. The molecule has 0 aliphatic carbocycles. The van der Waals surface area contributed by atoms with Gasteiger partial charge in [-0.3, -0.25) is 4.79 Å². The zero-order valence-electron chi connectivity index (χ0n) is 17.0. The maximum atomic E-state index is 12.4. The number of nitrogens with one attached hydrogen (secondary N) is 2. The maximum Gasteiger partial charge on any atom is 0.253 e. The lowest BCUT2D eigenvalue weighted by atomic mass is 10.2. The summed E-state index contributed by atoms with van der Waals surface area (Å²) in [5.74, 6) is 0.569. The third-order valence-corrected chi connectivity index (χ3v) is 6.04. The summed E-state index contributed by atoms with van der Waals surface area (Å²) >= 11 is 3.61. The number of nitrogens with zero attached hydrogens (tertiary/aromatic N) is 4. The van der Waals surface area contributed by atoms with Gasteiger partial charge in [0.2, 0.25) is 0 Å². The van der Waals surface area contributed by atoms with Crippen LogP contribution in [0.3, 0.4) is 0 Å². The molecule has 2 N–H and O–H groups in total. The average molecular weight is 546 g/mol. The highest BCUT2D eigenvalue weighted by Crippen LogP contribution is 2.23. The summed E-state index contributed by atoms with van der Waals surface area (Å²) in [5.41, 5.74) is 4.50. The first-order valence-corrected chi connectivity index (χ1v) is 11.6. The molecule has 7 nitrogen and oxygen atoms in total. The fourth-order valence-corrected chi connectivity index (χ4v) is 3.84. The Kier molecular flexibility index (Phi) is 8.65. The summed E-state index contributed by atoms with van der Waals surface area (Å²) in [5, 5.41) is 16.2. The van der Waals surface area contributed by atoms with Gasteiger partial charge in [-0.25, -0.2) is 5.43 Å². The van der Waals surface area contributed by atoms with Crippen molar-refractivity contribution in [2.75, 3.05) is 5.32 Å². The number of anilines is 1. The smallest absolute Gasteiger partial charge is 0.253 e. The molecule has 0 saturated carbocycles. The van der Waals surface area contributed by atoms with Crippen LogP contribution >= 0.6 is 34.4 Å². The van der Waals surface area contributed by atoms with E-state index >= 15 is 0 Å². The SMILES string of the molecule is C=CCn1c(CNc2ccc(I)cc2)nnc1SC(C)C(=O)NN=Cc1ccccc1. The van der Waals surface area contributed by atoms with Gasteiger partial charge >= 0.3 is 0 Å². The normalized spacial score (nSPS) is 11.9. The Bertz CT molecular complexity index is 1040. The Balaban J connectivity index is 1.60. The van der Waals surface area contributed by atoms with Gasteiger partial charge in [0.05, 0.1) is 18.0 Å². The minimum Gasteiger partial charge on any atom is -0.378 e. The number of rotatable bonds is 10. The molecule has 1 aromatic heterocycles. The van der Waals surface area contributed by atoms with Gasteiger partial charge in [-0.05, 0) is 59.3 Å². The van der Waals surface area contributed by atoms with E-state index in [1.165, 1.54) is 15.3 Å². The van der Waals surface area contributed by atoms with Crippen LogP contribution < -0.4 is 10.7 Å². The number of hydrogen-bond acceptors (Lipinski definition) is 6. The Morgan fingerprint density at radius 3 is 2.68 bits per heavy atom. The summed E-state index contributed by atoms with van der Waals surface area (Å²) < 4.78 is 3.13. The van der Waals surface area contributed by atoms with E-state index in [1.54, 1.807) is 12.3 Å². The topological polar surface area (TPSA) is 84.2 Å². The predicted octanol–water partition coefficient (Wildman–Crippen LogP) is 4.31. The number of benzene rings is 2. The maximum absolute atomic E-state index is 12.4. The summed E-state index contributed by atoms with van der Waals surface area (Å²) in [6.07, 6.45) is 3.40. The molecule has 9 heteroatoms. The van der Waals surface area contributed by atoms with E-state index < -0.39 is 5.25 Å². The van der Waals surface area contributed by atoms with Gasteiger partial charge < -0.3 is 9.88 Å². The second-order valence-electron chi connectivity index (χ2n) is 6.56. The number of allylic oxidation sites excluding steroid dienone is 1. The summed E-state index contributed by atoms with van der Waals surface area (Å²) in [6, 6.07) is 17.7. The minimum absolute atomic E-state index is 0.205. The van der Waals surface area contributed by atoms with Crippen LogP contribution in [0.15, 0.2) is 77.5 Å². The van der Waals surface area contributed by atoms with Crippen molar-refractivity contribution in [1.29, 1.82) is 0 Å². The van der Waals surface area contributed by atoms with Crippen LogP contribution in [0.5, 0.6) is 0 Å². The number of aromatic nitrogens is 3. The second kappa shape index (κ2) is 11.7. The highest BCUT2D eigenvalue weighted by atomic mass is 127. The van der Waals surface area contributed by atoms with Gasteiger partial charge in [0, 0.05) is 15.8 Å². The third-order valence-electron chi connectivity index (χ3n) is 4.24. The van der Waals surface area contributed by atoms with Crippen molar-refractivity contribution in [2.24, 2.45) is 5.10 Å². The van der Waals surface area contributed by atoms with Gasteiger partial charge in [0.1, 0.15) is 0 Å². The van der Waals surface area contributed by atoms with E-state index in [0.717, 1.165) is 17.1 Å². The molecule has 31 heavy (non-hydrogen) atoms. The van der Waals surface area contributed by atoms with Crippen molar-refractivity contribution in [3.63, 3.8) is 0 Å². The lowest BCUT2D eigenvalue weighted by Gasteiger charge is -2.12. The number of hydrazone groups is 1. The predicted molar refractivity (Wildman–Crippen MR) is 134 cm³/mol. The molecule has 0 aliphatic rings. The van der Waals surface area contributed by atoms with Gasteiger partial charge in [0.15, 0.2) is 11.0 Å². The zero-order valence-corrected chi connectivity index (χ0v) is 20.0. The van der Waals surface area contributed by atoms with Crippen molar-refractivity contribution in [2.45, 2.75) is 30.4 Å². The number of amides is 1. The average Bonchev–Trinajstić information content (AvgIpc) is 3.15. The Labute approximate surface area is 199 Å². The largest absolute Gasteiger partial charge is 0.378 e. The van der Waals surface area contributed by atoms with Crippen LogP contribution in [-0.2, 0) is 17.9 Å². The highest BCUT2D eigenvalue weighted by Gasteiger charge is 2.19. The lowest BCUT2D eigenvalue weighted by molar-refractivity contribution is -0.120. The molecule has 1 atom stereocenters. The van der Waals surface area contributed by atoms with Crippen LogP contribution in [0.25, 0.3) is 0 Å². The summed E-state index contributed by atoms with van der Waals surface area (Å²) in [7, 11) is 0. The molecular formula is C22H23IN6OS. The van der Waals surface area contributed by atoms with E-state index in [1.807, 2.05) is 66.1 Å². The van der Waals surface area contributed by atoms with Crippen molar-refractivity contribution in [3.05, 3.63) is 82.2 Å². The van der Waals surface area contributed by atoms with Crippen LogP contribution in [0.2, 0.25) is 0 Å². The van der Waals surface area contributed by atoms with Crippen molar-refractivity contribution in [1.82, 2.24) is 20.2 Å². The molecule has 3 aromatic rings. The molecule has 0 radical (unpaired) electrons. The van der Waals surface area contributed by atoms with Crippen molar-refractivity contribution in [3.8, 4) is 0 Å². The van der Waals surface area contributed by atoms with E-state index in [4.69, 9.17) is 0 Å². The number of hydrogen-bond donors (Lipinski definition) is 2. The molecule has 0 aliphatic heterocycles. The van der Waals surface area contributed by atoms with Gasteiger partial charge in [-0.1, -0.05) is 48.2 Å². The Hall–Kier alpha value is -2.66. The highest BCUT2D eigenvalue weighted by molar-refractivity contribution is 14.1. The van der Waals surface area contributed by atoms with Crippen LogP contribution in [0, 0.1) is 3.57 Å². The van der Waals surface area contributed by atoms with Gasteiger partial charge in [-0.15, -0.1) is 16.8 Å². The molecule has 2 aromatic carbocycles. The molecule has 0 fully saturated rings. The molecule has 3 rings (SSSR count). The molecule has 160 valence electrons. The quantitative estimate of drug-likeness (QED) is 0.130. The second-order valence-corrected chi connectivity index (χ2v) is 9.12. The first-order valence-electron chi connectivity index (χ1n) is 9.64. The lowest BCUT2D eigenvalue weighted by Crippen LogP contribution is -2.27. The first-order chi connectivity index (χ1) is 15.1. The van der Waals surface area contributed by atoms with E-state index in [2.05, 4.69) is 55.2 Å². The molecule has 0 saturated heterocycles. The van der Waals surface area contributed by atoms with Crippen LogP contribution in [0.1, 0.15) is 18.3 Å². The molecule has 1 amide bonds. The fraction of sp³-hybridized carbons (Fsp3) is 0.182. The molecular weight excluding hydrogens is 523 g/mol. The van der Waals surface area contributed by atoms with Gasteiger partial charge in [-0.2, -0.15) is 5.10 Å². The van der Waals surface area contributed by atoms with E-state index in [-0.39, 0.29) is 5.91 Å². The van der Waals surface area contributed by atoms with E-state index in [9.17, 15) is 4.79 Å². The minimum atomic E-state index is -0.391. The summed E-state index contributed by atoms with van der Waals surface area (Å²) in [6.45, 7) is 6.71. The Morgan fingerprint density at radius 2 is 1.97 bits per heavy atom. The van der Waals surface area contributed by atoms with Crippen molar-refractivity contribution >= 4 is 52.2 Å². The zero-order chi connectivity index (χ0) is 22.1. The van der Waals surface area contributed by atoms with E-state index in [0.29, 0.717) is 18.2 Å². The number of thioether (sulfide) groups is 1. The first kappa shape index (κ1) is 23.0. The standard InChI is InChI=1S/C22H23IN6OS/c1-3-13-29-20(15-24-19-11-9-18(23)10-12-19)26-28-22(29)31-16(2)21(30)27-25-14-17-7-5-4-6-8-17/h3-12,14,16,24H,1,13,15H2,2H3,(H,27,30). The molecule has 0 bridgehead atoms. The Morgan fingerprint density at radius 1 is 1.23 bits per heavy atom. The summed E-state index contributed by atoms with van der Waals surface area (Å²) in [4.78, 5) is 12.4.